The van der Waals surface area contributed by atoms with Crippen LogP contribution in [0.15, 0.2) is 42.9 Å². The third kappa shape index (κ3) is 4.35. The molecule has 4 heterocycles. The van der Waals surface area contributed by atoms with Gasteiger partial charge >= 0.3 is 5.69 Å². The van der Waals surface area contributed by atoms with Crippen molar-refractivity contribution < 1.29 is 14.4 Å². The predicted octanol–water partition coefficient (Wildman–Crippen LogP) is 2.88. The second-order valence-corrected chi connectivity index (χ2v) is 7.90. The number of piperazine rings is 1. The molecule has 0 unspecified atom stereocenters. The van der Waals surface area contributed by atoms with Gasteiger partial charge in [-0.25, -0.2) is 15.0 Å². The minimum Gasteiger partial charge on any atom is -0.454 e. The number of nitrogens with one attached hydrogen (secondary N) is 1. The van der Waals surface area contributed by atoms with Crippen molar-refractivity contribution in [2.24, 2.45) is 0 Å². The van der Waals surface area contributed by atoms with Gasteiger partial charge in [-0.05, 0) is 36.2 Å². The summed E-state index contributed by atoms with van der Waals surface area (Å²) < 4.78 is 10.8. The van der Waals surface area contributed by atoms with Gasteiger partial charge in [-0.15, -0.1) is 0 Å². The van der Waals surface area contributed by atoms with Crippen LogP contribution in [-0.4, -0.2) is 57.7 Å². The first-order valence-electron chi connectivity index (χ1n) is 10.6. The number of rotatable bonds is 6. The van der Waals surface area contributed by atoms with Crippen LogP contribution in [0.1, 0.15) is 11.1 Å². The Kier molecular flexibility index (Phi) is 5.61. The fourth-order valence-corrected chi connectivity index (χ4v) is 4.00. The molecular weight excluding hydrogens is 426 g/mol. The first kappa shape index (κ1) is 20.9. The first-order valence-corrected chi connectivity index (χ1v) is 10.6. The first-order chi connectivity index (χ1) is 16.1. The van der Waals surface area contributed by atoms with E-state index in [0.717, 1.165) is 42.3 Å². The van der Waals surface area contributed by atoms with E-state index in [1.54, 1.807) is 6.20 Å². The molecule has 5 rings (SSSR count). The molecule has 0 spiro atoms. The van der Waals surface area contributed by atoms with Crippen LogP contribution < -0.4 is 19.7 Å². The molecular formula is C22H23N7O4. The SMILES string of the molecule is Cc1cccnc1Nc1ncnc(N2CCN(Cc3ccc4c(c3)OCO4)CC2)c1[N+](=O)[O-]. The molecule has 2 aliphatic heterocycles. The van der Waals surface area contributed by atoms with Crippen molar-refractivity contribution in [2.75, 3.05) is 43.2 Å². The molecule has 1 saturated heterocycles. The number of fused-ring (bicyclic) bond motifs is 1. The third-order valence-electron chi connectivity index (χ3n) is 5.75. The molecule has 0 bridgehead atoms. The average Bonchev–Trinajstić information content (AvgIpc) is 3.29. The molecule has 170 valence electrons. The number of ether oxygens (including phenoxy) is 2. The molecule has 2 aromatic heterocycles. The standard InChI is InChI=1S/C22H23N7O4/c1-15-3-2-6-23-20(15)26-21-19(29(30)31)22(25-13-24-21)28-9-7-27(8-10-28)12-16-4-5-17-18(11-16)33-14-32-17/h2-6,11,13H,7-10,12,14H2,1H3,(H,23,24,25,26). The van der Waals surface area contributed by atoms with E-state index in [4.69, 9.17) is 9.47 Å². The van der Waals surface area contributed by atoms with Crippen LogP contribution in [0.25, 0.3) is 0 Å². The summed E-state index contributed by atoms with van der Waals surface area (Å²) in [5.74, 6) is 2.51. The molecule has 1 aromatic carbocycles. The molecule has 1 N–H and O–H groups in total. The van der Waals surface area contributed by atoms with Crippen molar-refractivity contribution in [1.82, 2.24) is 19.9 Å². The summed E-state index contributed by atoms with van der Waals surface area (Å²) in [6.45, 7) is 5.63. The fraction of sp³-hybridized carbons (Fsp3) is 0.318. The van der Waals surface area contributed by atoms with Gasteiger partial charge in [-0.3, -0.25) is 15.0 Å². The highest BCUT2D eigenvalue weighted by molar-refractivity contribution is 5.74. The van der Waals surface area contributed by atoms with Gasteiger partial charge in [0.15, 0.2) is 11.5 Å². The van der Waals surface area contributed by atoms with E-state index < -0.39 is 4.92 Å². The Hall–Kier alpha value is -3.99. The number of anilines is 3. The maximum absolute atomic E-state index is 12.0. The van der Waals surface area contributed by atoms with Gasteiger partial charge in [-0.1, -0.05) is 12.1 Å². The van der Waals surface area contributed by atoms with Crippen LogP contribution in [0.2, 0.25) is 0 Å². The lowest BCUT2D eigenvalue weighted by molar-refractivity contribution is -0.383. The number of pyridine rings is 1. The highest BCUT2D eigenvalue weighted by Crippen LogP contribution is 2.35. The van der Waals surface area contributed by atoms with Gasteiger partial charge in [0.05, 0.1) is 4.92 Å². The van der Waals surface area contributed by atoms with Crippen LogP contribution >= 0.6 is 0 Å². The number of hydrogen-bond acceptors (Lipinski definition) is 10. The Morgan fingerprint density at radius 2 is 1.88 bits per heavy atom. The Bertz CT molecular complexity index is 1180. The van der Waals surface area contributed by atoms with E-state index in [1.165, 1.54) is 6.33 Å². The maximum Gasteiger partial charge on any atom is 0.353 e. The van der Waals surface area contributed by atoms with Crippen LogP contribution in [-0.2, 0) is 6.54 Å². The van der Waals surface area contributed by atoms with Crippen LogP contribution in [0.4, 0.5) is 23.1 Å². The van der Waals surface area contributed by atoms with Crippen molar-refractivity contribution in [3.05, 3.63) is 64.1 Å². The lowest BCUT2D eigenvalue weighted by Gasteiger charge is -2.35. The van der Waals surface area contributed by atoms with Crippen molar-refractivity contribution >= 4 is 23.1 Å². The maximum atomic E-state index is 12.0. The van der Waals surface area contributed by atoms with E-state index in [0.29, 0.717) is 24.7 Å². The topological polar surface area (TPSA) is 119 Å². The quantitative estimate of drug-likeness (QED) is 0.444. The Morgan fingerprint density at radius 1 is 1.06 bits per heavy atom. The van der Waals surface area contributed by atoms with Gasteiger partial charge in [0, 0.05) is 38.9 Å². The second kappa shape index (κ2) is 8.87. The summed E-state index contributed by atoms with van der Waals surface area (Å²) in [6.07, 6.45) is 2.98. The van der Waals surface area contributed by atoms with Crippen molar-refractivity contribution in [3.63, 3.8) is 0 Å². The van der Waals surface area contributed by atoms with Crippen molar-refractivity contribution in [3.8, 4) is 11.5 Å². The number of aryl methyl sites for hydroxylation is 1. The van der Waals surface area contributed by atoms with Gasteiger partial charge < -0.3 is 19.7 Å². The zero-order chi connectivity index (χ0) is 22.8. The van der Waals surface area contributed by atoms with E-state index in [-0.39, 0.29) is 18.3 Å². The molecule has 2 aliphatic rings. The van der Waals surface area contributed by atoms with Crippen molar-refractivity contribution in [1.29, 1.82) is 0 Å². The summed E-state index contributed by atoms with van der Waals surface area (Å²) in [7, 11) is 0. The highest BCUT2D eigenvalue weighted by Gasteiger charge is 2.30. The lowest BCUT2D eigenvalue weighted by Crippen LogP contribution is -2.46. The molecule has 1 fully saturated rings. The molecule has 0 amide bonds. The summed E-state index contributed by atoms with van der Waals surface area (Å²) >= 11 is 0. The fourth-order valence-electron chi connectivity index (χ4n) is 4.00. The predicted molar refractivity (Wildman–Crippen MR) is 121 cm³/mol. The minimum absolute atomic E-state index is 0.134. The summed E-state index contributed by atoms with van der Waals surface area (Å²) in [5, 5.41) is 15.0. The molecule has 0 aliphatic carbocycles. The monoisotopic (exact) mass is 449 g/mol. The summed E-state index contributed by atoms with van der Waals surface area (Å²) in [4.78, 5) is 28.4. The summed E-state index contributed by atoms with van der Waals surface area (Å²) in [5.41, 5.74) is 1.86. The smallest absolute Gasteiger partial charge is 0.353 e. The molecule has 0 saturated carbocycles. The van der Waals surface area contributed by atoms with Gasteiger partial charge in [0.2, 0.25) is 18.4 Å². The number of hydrogen-bond donors (Lipinski definition) is 1. The van der Waals surface area contributed by atoms with Crippen LogP contribution in [0, 0.1) is 17.0 Å². The van der Waals surface area contributed by atoms with E-state index >= 15 is 0 Å². The van der Waals surface area contributed by atoms with E-state index in [2.05, 4.69) is 25.2 Å². The Morgan fingerprint density at radius 3 is 2.67 bits per heavy atom. The molecule has 3 aromatic rings. The number of nitro groups is 1. The molecule has 0 radical (unpaired) electrons. The van der Waals surface area contributed by atoms with Gasteiger partial charge in [-0.2, -0.15) is 0 Å². The molecule has 11 heteroatoms. The zero-order valence-corrected chi connectivity index (χ0v) is 18.1. The molecule has 11 nitrogen and oxygen atoms in total. The van der Waals surface area contributed by atoms with Crippen LogP contribution in [0.5, 0.6) is 11.5 Å². The number of aromatic nitrogens is 3. The van der Waals surface area contributed by atoms with Gasteiger partial charge in [0.25, 0.3) is 0 Å². The van der Waals surface area contributed by atoms with E-state index in [1.807, 2.05) is 42.2 Å². The second-order valence-electron chi connectivity index (χ2n) is 7.90. The highest BCUT2D eigenvalue weighted by atomic mass is 16.7. The van der Waals surface area contributed by atoms with Crippen molar-refractivity contribution in [2.45, 2.75) is 13.5 Å². The molecule has 0 atom stereocenters. The minimum atomic E-state index is -0.436. The number of nitrogens with zero attached hydrogens (tertiary/aromatic N) is 6. The number of benzene rings is 1. The Balaban J connectivity index is 1.30. The Labute approximate surface area is 190 Å². The lowest BCUT2D eigenvalue weighted by atomic mass is 10.1. The largest absolute Gasteiger partial charge is 0.454 e. The summed E-state index contributed by atoms with van der Waals surface area (Å²) in [6, 6.07) is 9.65. The normalized spacial score (nSPS) is 15.5. The third-order valence-corrected chi connectivity index (χ3v) is 5.75. The van der Waals surface area contributed by atoms with E-state index in [9.17, 15) is 10.1 Å². The van der Waals surface area contributed by atoms with Crippen LogP contribution in [0.3, 0.4) is 0 Å². The van der Waals surface area contributed by atoms with Gasteiger partial charge in [0.1, 0.15) is 12.1 Å². The average molecular weight is 449 g/mol. The zero-order valence-electron chi connectivity index (χ0n) is 18.1. The molecule has 33 heavy (non-hydrogen) atoms.